The second-order valence-electron chi connectivity index (χ2n) is 5.51. The first-order valence-electron chi connectivity index (χ1n) is 7.93. The van der Waals surface area contributed by atoms with E-state index in [0.29, 0.717) is 43.9 Å². The number of hydrogen-bond acceptors (Lipinski definition) is 5. The molecule has 0 saturated heterocycles. The fourth-order valence-corrected chi connectivity index (χ4v) is 2.15. The van der Waals surface area contributed by atoms with Gasteiger partial charge in [0.1, 0.15) is 0 Å². The predicted octanol–water partition coefficient (Wildman–Crippen LogP) is 2.65. The average molecular weight is 330 g/mol. The minimum atomic E-state index is -0.271. The normalized spacial score (nSPS) is 10.4. The van der Waals surface area contributed by atoms with Crippen molar-refractivity contribution in [1.82, 2.24) is 10.3 Å². The second kappa shape index (κ2) is 8.86. The zero-order chi connectivity index (χ0) is 17.4. The summed E-state index contributed by atoms with van der Waals surface area (Å²) in [6.07, 6.45) is 3.28. The van der Waals surface area contributed by atoms with Gasteiger partial charge >= 0.3 is 5.97 Å². The molecule has 2 aromatic rings. The van der Waals surface area contributed by atoms with Crippen molar-refractivity contribution in [2.24, 2.45) is 0 Å². The van der Waals surface area contributed by atoms with Crippen LogP contribution in [0.3, 0.4) is 0 Å². The monoisotopic (exact) mass is 330 g/mol. The first-order chi connectivity index (χ1) is 11.6. The van der Waals surface area contributed by atoms with Crippen LogP contribution in [0.15, 0.2) is 34.9 Å². The van der Waals surface area contributed by atoms with Gasteiger partial charge in [0.15, 0.2) is 11.7 Å². The minimum Gasteiger partial charge on any atom is -0.469 e. The third-order valence-electron chi connectivity index (χ3n) is 3.56. The van der Waals surface area contributed by atoms with Gasteiger partial charge in [-0.2, -0.15) is 0 Å². The molecule has 0 aliphatic heterocycles. The van der Waals surface area contributed by atoms with Gasteiger partial charge < -0.3 is 14.5 Å². The molecule has 2 rings (SSSR count). The van der Waals surface area contributed by atoms with Crippen molar-refractivity contribution in [3.63, 3.8) is 0 Å². The number of benzene rings is 1. The van der Waals surface area contributed by atoms with E-state index in [1.54, 1.807) is 6.20 Å². The van der Waals surface area contributed by atoms with Gasteiger partial charge in [-0.1, -0.05) is 29.8 Å². The number of nitrogens with one attached hydrogen (secondary N) is 1. The molecule has 0 spiro atoms. The van der Waals surface area contributed by atoms with E-state index in [9.17, 15) is 9.59 Å². The van der Waals surface area contributed by atoms with Crippen LogP contribution in [0, 0.1) is 6.92 Å². The lowest BCUT2D eigenvalue weighted by atomic mass is 10.1. The Balaban J connectivity index is 1.73. The zero-order valence-electron chi connectivity index (χ0n) is 14.0. The SMILES string of the molecule is COC(=O)CCCNC(=O)CCc1ncc(-c2ccc(C)cc2)o1. The molecular formula is C18H22N2O4. The second-order valence-corrected chi connectivity index (χ2v) is 5.51. The molecule has 0 bridgehead atoms. The summed E-state index contributed by atoms with van der Waals surface area (Å²) in [5, 5.41) is 2.76. The van der Waals surface area contributed by atoms with Crippen LogP contribution in [0.25, 0.3) is 11.3 Å². The molecule has 1 N–H and O–H groups in total. The summed E-state index contributed by atoms with van der Waals surface area (Å²) in [4.78, 5) is 26.9. The molecule has 24 heavy (non-hydrogen) atoms. The number of carbonyl (C=O) groups is 2. The van der Waals surface area contributed by atoms with Crippen molar-refractivity contribution in [3.05, 3.63) is 41.9 Å². The maximum Gasteiger partial charge on any atom is 0.305 e. The van der Waals surface area contributed by atoms with Gasteiger partial charge in [0.05, 0.1) is 13.3 Å². The molecular weight excluding hydrogens is 308 g/mol. The summed E-state index contributed by atoms with van der Waals surface area (Å²) >= 11 is 0. The molecule has 0 fully saturated rings. The molecule has 0 aliphatic rings. The standard InChI is InChI=1S/C18H22N2O4/c1-13-5-7-14(8-6-13)15-12-20-17(24-15)10-9-16(21)19-11-3-4-18(22)23-2/h5-8,12H,3-4,9-11H2,1-2H3,(H,19,21). The van der Waals surface area contributed by atoms with E-state index < -0.39 is 0 Å². The Morgan fingerprint density at radius 3 is 2.67 bits per heavy atom. The molecule has 1 heterocycles. The summed E-state index contributed by atoms with van der Waals surface area (Å²) < 4.78 is 10.2. The van der Waals surface area contributed by atoms with E-state index in [-0.39, 0.29) is 11.9 Å². The molecule has 0 saturated carbocycles. The molecule has 0 radical (unpaired) electrons. The summed E-state index contributed by atoms with van der Waals surface area (Å²) in [5.74, 6) is 0.876. The number of methoxy groups -OCH3 is 1. The van der Waals surface area contributed by atoms with Crippen LogP contribution in [0.4, 0.5) is 0 Å². The molecule has 1 aromatic carbocycles. The molecule has 0 atom stereocenters. The number of esters is 1. The van der Waals surface area contributed by atoms with Crippen molar-refractivity contribution >= 4 is 11.9 Å². The average Bonchev–Trinajstić information content (AvgIpc) is 3.06. The topological polar surface area (TPSA) is 81.4 Å². The van der Waals surface area contributed by atoms with Crippen molar-refractivity contribution in [2.45, 2.75) is 32.6 Å². The van der Waals surface area contributed by atoms with Crippen LogP contribution >= 0.6 is 0 Å². The van der Waals surface area contributed by atoms with E-state index in [0.717, 1.165) is 5.56 Å². The number of rotatable bonds is 8. The maximum atomic E-state index is 11.7. The molecule has 1 amide bonds. The van der Waals surface area contributed by atoms with E-state index in [1.165, 1.54) is 12.7 Å². The Labute approximate surface area is 141 Å². The third-order valence-corrected chi connectivity index (χ3v) is 3.56. The molecule has 0 aliphatic carbocycles. The Kier molecular flexibility index (Phi) is 6.54. The molecule has 6 heteroatoms. The highest BCUT2D eigenvalue weighted by Gasteiger charge is 2.09. The van der Waals surface area contributed by atoms with Crippen LogP contribution < -0.4 is 5.32 Å². The van der Waals surface area contributed by atoms with E-state index in [1.807, 2.05) is 31.2 Å². The fourth-order valence-electron chi connectivity index (χ4n) is 2.15. The van der Waals surface area contributed by atoms with Crippen molar-refractivity contribution in [1.29, 1.82) is 0 Å². The van der Waals surface area contributed by atoms with E-state index in [4.69, 9.17) is 4.42 Å². The number of carbonyl (C=O) groups excluding carboxylic acids is 2. The number of amides is 1. The Hall–Kier alpha value is -2.63. The van der Waals surface area contributed by atoms with E-state index in [2.05, 4.69) is 15.0 Å². The highest BCUT2D eigenvalue weighted by Crippen LogP contribution is 2.21. The first-order valence-corrected chi connectivity index (χ1v) is 7.93. The maximum absolute atomic E-state index is 11.7. The molecule has 0 unspecified atom stereocenters. The first kappa shape index (κ1) is 17.7. The lowest BCUT2D eigenvalue weighted by Gasteiger charge is -2.03. The van der Waals surface area contributed by atoms with Crippen LogP contribution in [0.2, 0.25) is 0 Å². The van der Waals surface area contributed by atoms with Crippen molar-refractivity contribution in [3.8, 4) is 11.3 Å². The summed E-state index contributed by atoms with van der Waals surface area (Å²) in [6, 6.07) is 7.99. The highest BCUT2D eigenvalue weighted by molar-refractivity contribution is 5.76. The lowest BCUT2D eigenvalue weighted by molar-refractivity contribution is -0.140. The Bertz CT molecular complexity index is 677. The third kappa shape index (κ3) is 5.53. The van der Waals surface area contributed by atoms with Crippen LogP contribution in [-0.2, 0) is 20.7 Å². The van der Waals surface area contributed by atoms with Crippen LogP contribution in [0.1, 0.15) is 30.7 Å². The smallest absolute Gasteiger partial charge is 0.305 e. The number of nitrogens with zero attached hydrogens (tertiary/aromatic N) is 1. The molecule has 1 aromatic heterocycles. The molecule has 6 nitrogen and oxygen atoms in total. The fraction of sp³-hybridized carbons (Fsp3) is 0.389. The van der Waals surface area contributed by atoms with Gasteiger partial charge in [-0.15, -0.1) is 0 Å². The lowest BCUT2D eigenvalue weighted by Crippen LogP contribution is -2.25. The number of aromatic nitrogens is 1. The van der Waals surface area contributed by atoms with Crippen molar-refractivity contribution in [2.75, 3.05) is 13.7 Å². The van der Waals surface area contributed by atoms with Gasteiger partial charge in [-0.3, -0.25) is 9.59 Å². The largest absolute Gasteiger partial charge is 0.469 e. The van der Waals surface area contributed by atoms with Crippen molar-refractivity contribution < 1.29 is 18.7 Å². The Morgan fingerprint density at radius 1 is 1.21 bits per heavy atom. The Morgan fingerprint density at radius 2 is 1.96 bits per heavy atom. The van der Waals surface area contributed by atoms with Crippen LogP contribution in [-0.4, -0.2) is 30.5 Å². The van der Waals surface area contributed by atoms with E-state index >= 15 is 0 Å². The summed E-state index contributed by atoms with van der Waals surface area (Å²) in [5.41, 5.74) is 2.15. The van der Waals surface area contributed by atoms with Gasteiger partial charge in [-0.05, 0) is 13.3 Å². The molecule has 128 valence electrons. The van der Waals surface area contributed by atoms with Crippen LogP contribution in [0.5, 0.6) is 0 Å². The van der Waals surface area contributed by atoms with Gasteiger partial charge in [0, 0.05) is 31.4 Å². The zero-order valence-corrected chi connectivity index (χ0v) is 14.0. The minimum absolute atomic E-state index is 0.0880. The highest BCUT2D eigenvalue weighted by atomic mass is 16.5. The number of oxazole rings is 1. The van der Waals surface area contributed by atoms with Gasteiger partial charge in [-0.25, -0.2) is 4.98 Å². The van der Waals surface area contributed by atoms with Gasteiger partial charge in [0.25, 0.3) is 0 Å². The van der Waals surface area contributed by atoms with Gasteiger partial charge in [0.2, 0.25) is 5.91 Å². The quantitative estimate of drug-likeness (QED) is 0.594. The summed E-state index contributed by atoms with van der Waals surface area (Å²) in [7, 11) is 1.35. The predicted molar refractivity (Wildman–Crippen MR) is 89.3 cm³/mol. The summed E-state index contributed by atoms with van der Waals surface area (Å²) in [6.45, 7) is 2.48. The number of aryl methyl sites for hydroxylation is 2. The number of hydrogen-bond donors (Lipinski definition) is 1. The number of ether oxygens (including phenoxy) is 1.